The number of hydrogen-bond donors (Lipinski definition) is 1. The first-order chi connectivity index (χ1) is 13.2. The fraction of sp³-hybridized carbons (Fsp3) is 0.450. The Kier molecular flexibility index (Phi) is 4.50. The summed E-state index contributed by atoms with van der Waals surface area (Å²) in [4.78, 5) is 16.5. The number of H-pyrrole nitrogens is 1. The van der Waals surface area contributed by atoms with Crippen LogP contribution >= 0.6 is 0 Å². The summed E-state index contributed by atoms with van der Waals surface area (Å²) in [5.41, 5.74) is -0.601. The summed E-state index contributed by atoms with van der Waals surface area (Å²) in [7, 11) is 0. The zero-order valence-electron chi connectivity index (χ0n) is 15.8. The second kappa shape index (κ2) is 6.63. The van der Waals surface area contributed by atoms with Crippen molar-refractivity contribution in [2.75, 3.05) is 26.3 Å². The molecule has 1 aromatic carbocycles. The Morgan fingerprint density at radius 2 is 1.96 bits per heavy atom. The predicted molar refractivity (Wildman–Crippen MR) is 102 cm³/mol. The van der Waals surface area contributed by atoms with Crippen molar-refractivity contribution in [3.8, 4) is 0 Å². The lowest BCUT2D eigenvalue weighted by Gasteiger charge is -2.42. The summed E-state index contributed by atoms with van der Waals surface area (Å²) < 4.78 is 48.2. The van der Waals surface area contributed by atoms with Crippen molar-refractivity contribution < 1.29 is 17.9 Å². The van der Waals surface area contributed by atoms with E-state index >= 15 is 0 Å². The molecule has 0 spiro atoms. The third-order valence-electron chi connectivity index (χ3n) is 5.48. The van der Waals surface area contributed by atoms with Crippen molar-refractivity contribution >= 4 is 21.8 Å². The molecule has 0 saturated carbocycles. The summed E-state index contributed by atoms with van der Waals surface area (Å²) in [6, 6.07) is 6.04. The number of hydrogen-bond acceptors (Lipinski definition) is 3. The van der Waals surface area contributed by atoms with Crippen molar-refractivity contribution in [2.45, 2.75) is 32.1 Å². The van der Waals surface area contributed by atoms with E-state index in [-0.39, 0.29) is 16.5 Å². The number of pyridine rings is 1. The topological polar surface area (TPSA) is 50.3 Å². The number of aromatic amines is 1. The molecule has 0 aliphatic carbocycles. The van der Waals surface area contributed by atoms with Gasteiger partial charge in [0.2, 0.25) is 0 Å². The van der Waals surface area contributed by atoms with Gasteiger partial charge in [-0.15, -0.1) is 0 Å². The maximum atomic E-state index is 13.7. The largest absolute Gasteiger partial charge is 0.433 e. The quantitative estimate of drug-likeness (QED) is 0.740. The van der Waals surface area contributed by atoms with Gasteiger partial charge in [0.1, 0.15) is 5.69 Å². The van der Waals surface area contributed by atoms with Crippen LogP contribution in [0.2, 0.25) is 0 Å². The van der Waals surface area contributed by atoms with Crippen LogP contribution in [0.3, 0.4) is 0 Å². The van der Waals surface area contributed by atoms with Gasteiger partial charge in [0.25, 0.3) is 0 Å². The smallest absolute Gasteiger partial charge is 0.378 e. The molecule has 0 radical (unpaired) electrons. The van der Waals surface area contributed by atoms with Crippen LogP contribution in [0.1, 0.15) is 19.5 Å². The van der Waals surface area contributed by atoms with Gasteiger partial charge in [0.15, 0.2) is 5.43 Å². The number of nitrogens with zero attached hydrogens (tertiary/aromatic N) is 2. The van der Waals surface area contributed by atoms with Gasteiger partial charge < -0.3 is 14.3 Å². The second-order valence-corrected chi connectivity index (χ2v) is 7.80. The Hall–Kier alpha value is -2.32. The summed E-state index contributed by atoms with van der Waals surface area (Å²) in [5.74, 6) is 0. The highest BCUT2D eigenvalue weighted by Crippen LogP contribution is 2.37. The molecule has 1 N–H and O–H groups in total. The van der Waals surface area contributed by atoms with E-state index in [4.69, 9.17) is 4.74 Å². The number of alkyl halides is 3. The van der Waals surface area contributed by atoms with Gasteiger partial charge >= 0.3 is 6.18 Å². The highest BCUT2D eigenvalue weighted by atomic mass is 19.4. The van der Waals surface area contributed by atoms with Gasteiger partial charge in [0.05, 0.1) is 24.2 Å². The van der Waals surface area contributed by atoms with Crippen molar-refractivity contribution in [2.24, 2.45) is 0 Å². The highest BCUT2D eigenvalue weighted by Gasteiger charge is 2.36. The Morgan fingerprint density at radius 1 is 1.18 bits per heavy atom. The first-order valence-electron chi connectivity index (χ1n) is 9.22. The summed E-state index contributed by atoms with van der Waals surface area (Å²) >= 11 is 0. The summed E-state index contributed by atoms with van der Waals surface area (Å²) in [5, 5.41) is 1.14. The number of fused-ring (bicyclic) bond motifs is 3. The molecule has 1 fully saturated rings. The molecule has 2 aromatic heterocycles. The van der Waals surface area contributed by atoms with E-state index in [0.717, 1.165) is 6.54 Å². The van der Waals surface area contributed by atoms with E-state index in [1.54, 1.807) is 16.7 Å². The lowest BCUT2D eigenvalue weighted by Crippen LogP contribution is -2.53. The molecule has 4 rings (SSSR count). The van der Waals surface area contributed by atoms with E-state index in [9.17, 15) is 18.0 Å². The SMILES string of the molecule is CC1(C)COCCN1CCn1c2cc(=O)ccc2c2cc[nH]c(C(F)(F)F)c21. The molecule has 0 atom stereocenters. The third kappa shape index (κ3) is 3.20. The number of benzene rings is 1. The van der Waals surface area contributed by atoms with Gasteiger partial charge in [0, 0.05) is 48.2 Å². The Balaban J connectivity index is 1.87. The van der Waals surface area contributed by atoms with E-state index < -0.39 is 11.9 Å². The standard InChI is InChI=1S/C20H22F3N3O2/c1-19(2)12-28-10-9-25(19)7-8-26-16-11-13(27)3-4-14(16)15-5-6-24-18(17(15)26)20(21,22)23/h3-6,11,24H,7-10,12H2,1-2H3. The van der Waals surface area contributed by atoms with Crippen LogP contribution in [-0.2, 0) is 17.5 Å². The number of morpholine rings is 1. The van der Waals surface area contributed by atoms with Crippen LogP contribution in [0.5, 0.6) is 0 Å². The number of ether oxygens (including phenoxy) is 1. The van der Waals surface area contributed by atoms with Crippen molar-refractivity contribution in [3.63, 3.8) is 0 Å². The average Bonchev–Trinajstić information content (AvgIpc) is 2.92. The third-order valence-corrected chi connectivity index (χ3v) is 5.48. The lowest BCUT2D eigenvalue weighted by atomic mass is 10.0. The second-order valence-electron chi connectivity index (χ2n) is 7.80. The van der Waals surface area contributed by atoms with Crippen LogP contribution < -0.4 is 5.43 Å². The molecule has 1 saturated heterocycles. The van der Waals surface area contributed by atoms with Gasteiger partial charge in [-0.2, -0.15) is 13.2 Å². The fourth-order valence-electron chi connectivity index (χ4n) is 4.05. The number of rotatable bonds is 3. The van der Waals surface area contributed by atoms with Gasteiger partial charge in [-0.25, -0.2) is 0 Å². The van der Waals surface area contributed by atoms with E-state index in [1.165, 1.54) is 18.3 Å². The minimum absolute atomic E-state index is 0.0849. The van der Waals surface area contributed by atoms with Gasteiger partial charge in [-0.1, -0.05) is 0 Å². The Morgan fingerprint density at radius 3 is 2.68 bits per heavy atom. The molecule has 0 amide bonds. The normalized spacial score (nSPS) is 18.2. The molecular weight excluding hydrogens is 371 g/mol. The molecule has 0 unspecified atom stereocenters. The fourth-order valence-corrected chi connectivity index (χ4v) is 4.05. The summed E-state index contributed by atoms with van der Waals surface area (Å²) in [6.45, 7) is 6.91. The van der Waals surface area contributed by atoms with Crippen molar-refractivity contribution in [1.82, 2.24) is 14.5 Å². The molecule has 3 aromatic rings. The van der Waals surface area contributed by atoms with Crippen LogP contribution in [-0.4, -0.2) is 46.3 Å². The first kappa shape index (κ1) is 19.0. The Labute approximate surface area is 159 Å². The molecule has 28 heavy (non-hydrogen) atoms. The molecule has 150 valence electrons. The minimum Gasteiger partial charge on any atom is -0.378 e. The van der Waals surface area contributed by atoms with E-state index in [0.29, 0.717) is 42.6 Å². The van der Waals surface area contributed by atoms with Crippen LogP contribution in [0.4, 0.5) is 13.2 Å². The number of nitrogens with one attached hydrogen (secondary N) is 1. The van der Waals surface area contributed by atoms with Gasteiger partial charge in [-0.3, -0.25) is 9.69 Å². The lowest BCUT2D eigenvalue weighted by molar-refractivity contribution is -0.140. The van der Waals surface area contributed by atoms with Crippen LogP contribution in [0.25, 0.3) is 21.8 Å². The molecule has 0 bridgehead atoms. The molecule has 1 aliphatic rings. The zero-order chi connectivity index (χ0) is 20.1. The monoisotopic (exact) mass is 393 g/mol. The van der Waals surface area contributed by atoms with Crippen molar-refractivity contribution in [1.29, 1.82) is 0 Å². The van der Waals surface area contributed by atoms with Crippen molar-refractivity contribution in [3.05, 3.63) is 46.4 Å². The Bertz CT molecular complexity index is 1080. The number of halogens is 3. The summed E-state index contributed by atoms with van der Waals surface area (Å²) in [6.07, 6.45) is -3.23. The highest BCUT2D eigenvalue weighted by molar-refractivity contribution is 6.08. The predicted octanol–water partition coefficient (Wildman–Crippen LogP) is 3.61. The van der Waals surface area contributed by atoms with Gasteiger partial charge in [-0.05, 0) is 32.0 Å². The minimum atomic E-state index is -4.52. The first-order valence-corrected chi connectivity index (χ1v) is 9.22. The van der Waals surface area contributed by atoms with Crippen LogP contribution in [0, 0.1) is 0 Å². The molecule has 5 nitrogen and oxygen atoms in total. The molecule has 3 heterocycles. The maximum Gasteiger partial charge on any atom is 0.433 e. The molecule has 8 heteroatoms. The zero-order valence-corrected chi connectivity index (χ0v) is 15.8. The average molecular weight is 393 g/mol. The van der Waals surface area contributed by atoms with Crippen LogP contribution in [0.15, 0.2) is 35.3 Å². The molecule has 1 aliphatic heterocycles. The van der Waals surface area contributed by atoms with E-state index in [1.807, 2.05) is 0 Å². The molecular formula is C20H22F3N3O2. The maximum absolute atomic E-state index is 13.7. The number of aromatic nitrogens is 2. The van der Waals surface area contributed by atoms with E-state index in [2.05, 4.69) is 23.7 Å².